The number of anilines is 1. The van der Waals surface area contributed by atoms with Crippen molar-refractivity contribution in [2.75, 3.05) is 5.32 Å². The second-order valence-corrected chi connectivity index (χ2v) is 4.83. The lowest BCUT2D eigenvalue weighted by Crippen LogP contribution is -2.05. The number of aryl methyl sites for hydroxylation is 1. The van der Waals surface area contributed by atoms with Gasteiger partial charge in [-0.05, 0) is 44.2 Å². The summed E-state index contributed by atoms with van der Waals surface area (Å²) in [5, 5.41) is 3.45. The molecule has 1 N–H and O–H groups in total. The van der Waals surface area contributed by atoms with Crippen LogP contribution in [0.1, 0.15) is 24.5 Å². The zero-order chi connectivity index (χ0) is 13.9. The molecule has 2 heterocycles. The molecule has 3 rings (SSSR count). The van der Waals surface area contributed by atoms with E-state index in [1.54, 1.807) is 12.5 Å². The SMILES string of the molecule is Cc1ccc(C(C)Nc2cccc(-n3ccnc3)c2)o1. The summed E-state index contributed by atoms with van der Waals surface area (Å²) in [6.07, 6.45) is 5.49. The van der Waals surface area contributed by atoms with Crippen LogP contribution in [0.15, 0.2) is 59.5 Å². The van der Waals surface area contributed by atoms with E-state index in [0.29, 0.717) is 0 Å². The van der Waals surface area contributed by atoms with Crippen molar-refractivity contribution in [3.05, 3.63) is 66.6 Å². The van der Waals surface area contributed by atoms with Crippen LogP contribution in [0.5, 0.6) is 0 Å². The smallest absolute Gasteiger partial charge is 0.126 e. The van der Waals surface area contributed by atoms with Gasteiger partial charge >= 0.3 is 0 Å². The molecule has 0 aliphatic carbocycles. The number of hydrogen-bond donors (Lipinski definition) is 1. The van der Waals surface area contributed by atoms with Gasteiger partial charge in [0.05, 0.1) is 12.4 Å². The molecule has 3 aromatic rings. The Labute approximate surface area is 118 Å². The molecule has 0 saturated carbocycles. The number of nitrogens with zero attached hydrogens (tertiary/aromatic N) is 2. The van der Waals surface area contributed by atoms with Gasteiger partial charge in [0.15, 0.2) is 0 Å². The summed E-state index contributed by atoms with van der Waals surface area (Å²) in [6.45, 7) is 4.04. The van der Waals surface area contributed by atoms with Crippen LogP contribution in [-0.2, 0) is 0 Å². The third kappa shape index (κ3) is 2.59. The molecule has 4 heteroatoms. The molecule has 0 radical (unpaired) electrons. The maximum Gasteiger partial charge on any atom is 0.126 e. The van der Waals surface area contributed by atoms with Crippen LogP contribution < -0.4 is 5.32 Å². The van der Waals surface area contributed by atoms with E-state index in [0.717, 1.165) is 22.9 Å². The summed E-state index contributed by atoms with van der Waals surface area (Å²) in [4.78, 5) is 4.07. The fourth-order valence-corrected chi connectivity index (χ4v) is 2.18. The van der Waals surface area contributed by atoms with Crippen molar-refractivity contribution in [1.82, 2.24) is 9.55 Å². The van der Waals surface area contributed by atoms with E-state index in [1.807, 2.05) is 42.0 Å². The summed E-state index contributed by atoms with van der Waals surface area (Å²) in [7, 11) is 0. The Balaban J connectivity index is 1.79. The van der Waals surface area contributed by atoms with Gasteiger partial charge in [-0.25, -0.2) is 4.98 Å². The van der Waals surface area contributed by atoms with E-state index < -0.39 is 0 Å². The van der Waals surface area contributed by atoms with Gasteiger partial charge < -0.3 is 14.3 Å². The highest BCUT2D eigenvalue weighted by atomic mass is 16.3. The lowest BCUT2D eigenvalue weighted by molar-refractivity contribution is 0.467. The number of nitrogens with one attached hydrogen (secondary N) is 1. The van der Waals surface area contributed by atoms with Crippen molar-refractivity contribution in [2.24, 2.45) is 0 Å². The summed E-state index contributed by atoms with van der Waals surface area (Å²) in [5.74, 6) is 1.87. The number of imidazole rings is 1. The maximum atomic E-state index is 5.64. The topological polar surface area (TPSA) is 43.0 Å². The molecule has 4 nitrogen and oxygen atoms in total. The van der Waals surface area contributed by atoms with Crippen LogP contribution in [0, 0.1) is 6.92 Å². The highest BCUT2D eigenvalue weighted by molar-refractivity contribution is 5.52. The molecule has 1 atom stereocenters. The van der Waals surface area contributed by atoms with E-state index >= 15 is 0 Å². The Kier molecular flexibility index (Phi) is 3.29. The molecular weight excluding hydrogens is 250 g/mol. The van der Waals surface area contributed by atoms with Gasteiger partial charge in [0.1, 0.15) is 11.5 Å². The molecule has 0 fully saturated rings. The van der Waals surface area contributed by atoms with Crippen molar-refractivity contribution >= 4 is 5.69 Å². The fraction of sp³-hybridized carbons (Fsp3) is 0.188. The number of hydrogen-bond acceptors (Lipinski definition) is 3. The molecule has 2 aromatic heterocycles. The molecular formula is C16H17N3O. The highest BCUT2D eigenvalue weighted by Gasteiger charge is 2.09. The average Bonchev–Trinajstić information content (AvgIpc) is 3.10. The van der Waals surface area contributed by atoms with E-state index in [2.05, 4.69) is 29.4 Å². The third-order valence-corrected chi connectivity index (χ3v) is 3.22. The monoisotopic (exact) mass is 267 g/mol. The average molecular weight is 267 g/mol. The Morgan fingerprint density at radius 2 is 2.15 bits per heavy atom. The second kappa shape index (κ2) is 5.25. The predicted molar refractivity (Wildman–Crippen MR) is 79.0 cm³/mol. The van der Waals surface area contributed by atoms with Crippen molar-refractivity contribution in [1.29, 1.82) is 0 Å². The Hall–Kier alpha value is -2.49. The van der Waals surface area contributed by atoms with Gasteiger partial charge in [0.25, 0.3) is 0 Å². The first kappa shape index (κ1) is 12.5. The van der Waals surface area contributed by atoms with Gasteiger partial charge in [-0.15, -0.1) is 0 Å². The first-order valence-corrected chi connectivity index (χ1v) is 6.63. The van der Waals surface area contributed by atoms with Crippen molar-refractivity contribution in [3.63, 3.8) is 0 Å². The van der Waals surface area contributed by atoms with Crippen molar-refractivity contribution < 1.29 is 4.42 Å². The Morgan fingerprint density at radius 1 is 1.25 bits per heavy atom. The number of rotatable bonds is 4. The Bertz CT molecular complexity index is 685. The summed E-state index contributed by atoms with van der Waals surface area (Å²) in [5.41, 5.74) is 2.13. The predicted octanol–water partition coefficient (Wildman–Crippen LogP) is 3.95. The van der Waals surface area contributed by atoms with Gasteiger partial charge in [0.2, 0.25) is 0 Å². The zero-order valence-electron chi connectivity index (χ0n) is 11.6. The molecule has 0 spiro atoms. The van der Waals surface area contributed by atoms with Gasteiger partial charge in [0, 0.05) is 23.8 Å². The van der Waals surface area contributed by atoms with E-state index in [-0.39, 0.29) is 6.04 Å². The van der Waals surface area contributed by atoms with Crippen molar-refractivity contribution in [2.45, 2.75) is 19.9 Å². The molecule has 1 unspecified atom stereocenters. The lowest BCUT2D eigenvalue weighted by Gasteiger charge is -2.14. The Morgan fingerprint density at radius 3 is 2.85 bits per heavy atom. The molecule has 0 aliphatic rings. The molecule has 0 aliphatic heterocycles. The first-order valence-electron chi connectivity index (χ1n) is 6.63. The van der Waals surface area contributed by atoms with E-state index in [4.69, 9.17) is 4.42 Å². The van der Waals surface area contributed by atoms with Crippen LogP contribution in [0.4, 0.5) is 5.69 Å². The molecule has 0 bridgehead atoms. The lowest BCUT2D eigenvalue weighted by atomic mass is 10.2. The van der Waals surface area contributed by atoms with Gasteiger partial charge in [-0.1, -0.05) is 6.07 Å². The summed E-state index contributed by atoms with van der Waals surface area (Å²) >= 11 is 0. The van der Waals surface area contributed by atoms with Crippen LogP contribution >= 0.6 is 0 Å². The van der Waals surface area contributed by atoms with Gasteiger partial charge in [-0.2, -0.15) is 0 Å². The molecule has 1 aromatic carbocycles. The van der Waals surface area contributed by atoms with Crippen LogP contribution in [0.2, 0.25) is 0 Å². The first-order chi connectivity index (χ1) is 9.72. The molecule has 20 heavy (non-hydrogen) atoms. The minimum atomic E-state index is 0.127. The molecule has 0 saturated heterocycles. The number of benzene rings is 1. The minimum Gasteiger partial charge on any atom is -0.464 e. The second-order valence-electron chi connectivity index (χ2n) is 4.83. The van der Waals surface area contributed by atoms with Crippen LogP contribution in [0.25, 0.3) is 5.69 Å². The standard InChI is InChI=1S/C16H17N3O/c1-12-6-7-16(20-12)13(2)18-14-4-3-5-15(10-14)19-9-8-17-11-19/h3-11,13,18H,1-2H3. The quantitative estimate of drug-likeness (QED) is 0.778. The van der Waals surface area contributed by atoms with Gasteiger partial charge in [-0.3, -0.25) is 0 Å². The summed E-state index contributed by atoms with van der Waals surface area (Å²) < 4.78 is 7.62. The number of furan rings is 1. The zero-order valence-corrected chi connectivity index (χ0v) is 11.6. The minimum absolute atomic E-state index is 0.127. The molecule has 0 amide bonds. The third-order valence-electron chi connectivity index (χ3n) is 3.22. The van der Waals surface area contributed by atoms with E-state index in [1.165, 1.54) is 0 Å². The largest absolute Gasteiger partial charge is 0.464 e. The van der Waals surface area contributed by atoms with Crippen LogP contribution in [-0.4, -0.2) is 9.55 Å². The normalized spacial score (nSPS) is 12.3. The van der Waals surface area contributed by atoms with E-state index in [9.17, 15) is 0 Å². The highest BCUT2D eigenvalue weighted by Crippen LogP contribution is 2.22. The molecule has 102 valence electrons. The van der Waals surface area contributed by atoms with Crippen LogP contribution in [0.3, 0.4) is 0 Å². The fourth-order valence-electron chi connectivity index (χ4n) is 2.18. The van der Waals surface area contributed by atoms with Crippen molar-refractivity contribution in [3.8, 4) is 5.69 Å². The summed E-state index contributed by atoms with van der Waals surface area (Å²) in [6, 6.07) is 12.3. The maximum absolute atomic E-state index is 5.64. The number of aromatic nitrogens is 2.